The minimum atomic E-state index is -1.00. The zero-order valence-corrected chi connectivity index (χ0v) is 12.1. The van der Waals surface area contributed by atoms with Gasteiger partial charge in [0.05, 0.1) is 10.8 Å². The average molecular weight is 307 g/mol. The lowest BCUT2D eigenvalue weighted by atomic mass is 10.1. The Hall–Kier alpha value is -2.21. The van der Waals surface area contributed by atoms with Gasteiger partial charge in [-0.3, -0.25) is 9.59 Å². The van der Waals surface area contributed by atoms with Gasteiger partial charge in [0.2, 0.25) is 0 Å². The molecule has 0 aliphatic carbocycles. The third-order valence-corrected chi connectivity index (χ3v) is 3.83. The summed E-state index contributed by atoms with van der Waals surface area (Å²) in [4.78, 5) is 25.3. The lowest BCUT2D eigenvalue weighted by molar-refractivity contribution is -0.140. The number of hydrogen-bond donors (Lipinski definition) is 1. The molecule has 1 unspecified atom stereocenters. The van der Waals surface area contributed by atoms with Gasteiger partial charge in [0, 0.05) is 12.2 Å². The van der Waals surface area contributed by atoms with Crippen LogP contribution in [0.1, 0.15) is 16.6 Å². The van der Waals surface area contributed by atoms with Crippen molar-refractivity contribution in [2.45, 2.75) is 6.92 Å². The molecule has 0 saturated carbocycles. The van der Waals surface area contributed by atoms with Crippen molar-refractivity contribution in [3.63, 3.8) is 0 Å². The number of carbonyl (C=O) groups is 2. The van der Waals surface area contributed by atoms with Crippen LogP contribution in [0, 0.1) is 11.7 Å². The molecule has 1 aromatic carbocycles. The second-order valence-electron chi connectivity index (χ2n) is 4.61. The fourth-order valence-electron chi connectivity index (χ4n) is 1.83. The summed E-state index contributed by atoms with van der Waals surface area (Å²) in [5.41, 5.74) is 0.349. The first-order chi connectivity index (χ1) is 9.99. The number of carbonyl (C=O) groups excluding carboxylic acids is 1. The largest absolute Gasteiger partial charge is 0.481 e. The van der Waals surface area contributed by atoms with E-state index >= 15 is 0 Å². The highest BCUT2D eigenvalue weighted by Crippen LogP contribution is 2.22. The summed E-state index contributed by atoms with van der Waals surface area (Å²) in [6.45, 7) is 1.49. The van der Waals surface area contributed by atoms with Crippen LogP contribution in [0.25, 0.3) is 0 Å². The van der Waals surface area contributed by atoms with E-state index in [0.29, 0.717) is 10.6 Å². The molecule has 1 aromatic heterocycles. The number of amides is 1. The minimum absolute atomic E-state index is 0.0183. The van der Waals surface area contributed by atoms with Crippen molar-refractivity contribution in [2.24, 2.45) is 5.92 Å². The van der Waals surface area contributed by atoms with Crippen molar-refractivity contribution in [1.82, 2.24) is 0 Å². The number of carboxylic acids is 1. The van der Waals surface area contributed by atoms with E-state index in [1.807, 2.05) is 0 Å². The number of thiophene rings is 1. The highest BCUT2D eigenvalue weighted by Gasteiger charge is 2.24. The first-order valence-electron chi connectivity index (χ1n) is 6.33. The maximum atomic E-state index is 13.4. The number of nitrogens with zero attached hydrogens (tertiary/aromatic N) is 1. The van der Waals surface area contributed by atoms with E-state index in [2.05, 4.69) is 0 Å². The van der Waals surface area contributed by atoms with E-state index in [1.54, 1.807) is 23.6 Å². The van der Waals surface area contributed by atoms with Crippen LogP contribution in [0.2, 0.25) is 0 Å². The molecular weight excluding hydrogens is 293 g/mol. The summed E-state index contributed by atoms with van der Waals surface area (Å²) in [7, 11) is 0. The van der Waals surface area contributed by atoms with Crippen molar-refractivity contribution in [1.29, 1.82) is 0 Å². The van der Waals surface area contributed by atoms with Crippen molar-refractivity contribution in [2.75, 3.05) is 11.4 Å². The Bertz CT molecular complexity index is 642. The van der Waals surface area contributed by atoms with E-state index in [-0.39, 0.29) is 12.5 Å². The van der Waals surface area contributed by atoms with Crippen LogP contribution in [-0.2, 0) is 4.79 Å². The van der Waals surface area contributed by atoms with Crippen LogP contribution in [-0.4, -0.2) is 23.5 Å². The van der Waals surface area contributed by atoms with E-state index in [9.17, 15) is 14.0 Å². The molecule has 0 bridgehead atoms. The maximum absolute atomic E-state index is 13.4. The fourth-order valence-corrected chi connectivity index (χ4v) is 2.51. The van der Waals surface area contributed by atoms with Crippen LogP contribution in [0.15, 0.2) is 41.8 Å². The Morgan fingerprint density at radius 3 is 2.67 bits per heavy atom. The first-order valence-corrected chi connectivity index (χ1v) is 7.20. The third kappa shape index (κ3) is 3.66. The van der Waals surface area contributed by atoms with Gasteiger partial charge in [-0.25, -0.2) is 4.39 Å². The van der Waals surface area contributed by atoms with E-state index in [1.165, 1.54) is 41.4 Å². The number of carboxylic acid groups (broad SMARTS) is 1. The van der Waals surface area contributed by atoms with Gasteiger partial charge in [0.1, 0.15) is 5.82 Å². The Morgan fingerprint density at radius 2 is 2.10 bits per heavy atom. The molecule has 110 valence electrons. The number of benzene rings is 1. The molecule has 4 nitrogen and oxygen atoms in total. The van der Waals surface area contributed by atoms with Gasteiger partial charge in [0.15, 0.2) is 0 Å². The highest BCUT2D eigenvalue weighted by atomic mass is 32.1. The summed E-state index contributed by atoms with van der Waals surface area (Å²) in [6, 6.07) is 8.97. The molecule has 0 spiro atoms. The van der Waals surface area contributed by atoms with Crippen molar-refractivity contribution >= 4 is 28.9 Å². The molecule has 21 heavy (non-hydrogen) atoms. The molecule has 0 aliphatic heterocycles. The standard InChI is InChI=1S/C15H14FNO3S/c1-10(15(19)20)9-17(12-5-2-4-11(16)8-12)14(18)13-6-3-7-21-13/h2-8,10H,9H2,1H3,(H,19,20). The molecule has 1 heterocycles. The number of halogens is 1. The Morgan fingerprint density at radius 1 is 1.33 bits per heavy atom. The third-order valence-electron chi connectivity index (χ3n) is 2.97. The molecule has 0 fully saturated rings. The highest BCUT2D eigenvalue weighted by molar-refractivity contribution is 7.12. The SMILES string of the molecule is CC(CN(C(=O)c1cccs1)c1cccc(F)c1)C(=O)O. The fraction of sp³-hybridized carbons (Fsp3) is 0.200. The number of anilines is 1. The molecule has 0 saturated heterocycles. The molecule has 0 aliphatic rings. The summed E-state index contributed by atoms with van der Waals surface area (Å²) < 4.78 is 13.4. The predicted molar refractivity (Wildman–Crippen MR) is 79.2 cm³/mol. The molecular formula is C15H14FNO3S. The monoisotopic (exact) mass is 307 g/mol. The molecule has 0 radical (unpaired) electrons. The van der Waals surface area contributed by atoms with E-state index in [0.717, 1.165) is 0 Å². The molecule has 6 heteroatoms. The van der Waals surface area contributed by atoms with Crippen molar-refractivity contribution < 1.29 is 19.1 Å². The molecule has 1 amide bonds. The normalized spacial score (nSPS) is 11.9. The second-order valence-corrected chi connectivity index (χ2v) is 5.56. The average Bonchev–Trinajstić information content (AvgIpc) is 2.97. The smallest absolute Gasteiger partial charge is 0.308 e. The van der Waals surface area contributed by atoms with E-state index < -0.39 is 17.7 Å². The number of aliphatic carboxylic acids is 1. The van der Waals surface area contributed by atoms with E-state index in [4.69, 9.17) is 5.11 Å². The first kappa shape index (κ1) is 15.2. The summed E-state index contributed by atoms with van der Waals surface area (Å²) in [5.74, 6) is -2.56. The number of rotatable bonds is 5. The molecule has 2 aromatic rings. The molecule has 1 N–H and O–H groups in total. The Kier molecular flexibility index (Phi) is 4.70. The van der Waals surface area contributed by atoms with Crippen LogP contribution < -0.4 is 4.90 Å². The summed E-state index contributed by atoms with van der Waals surface area (Å²) in [5, 5.41) is 10.8. The van der Waals surface area contributed by atoms with Crippen LogP contribution in [0.3, 0.4) is 0 Å². The van der Waals surface area contributed by atoms with Gasteiger partial charge in [0.25, 0.3) is 5.91 Å². The van der Waals surface area contributed by atoms with Gasteiger partial charge >= 0.3 is 5.97 Å². The maximum Gasteiger partial charge on any atom is 0.308 e. The van der Waals surface area contributed by atoms with Gasteiger partial charge in [-0.2, -0.15) is 0 Å². The van der Waals surface area contributed by atoms with Gasteiger partial charge < -0.3 is 10.0 Å². The predicted octanol–water partition coefficient (Wildman–Crippen LogP) is 3.25. The van der Waals surface area contributed by atoms with Crippen molar-refractivity contribution in [3.05, 3.63) is 52.5 Å². The molecule has 1 atom stereocenters. The van der Waals surface area contributed by atoms with Gasteiger partial charge in [-0.05, 0) is 29.6 Å². The topological polar surface area (TPSA) is 57.6 Å². The quantitative estimate of drug-likeness (QED) is 0.922. The summed E-state index contributed by atoms with van der Waals surface area (Å²) in [6.07, 6.45) is 0. The van der Waals surface area contributed by atoms with Crippen molar-refractivity contribution in [3.8, 4) is 0 Å². The Labute approximate surface area is 125 Å². The van der Waals surface area contributed by atoms with Crippen LogP contribution >= 0.6 is 11.3 Å². The zero-order valence-electron chi connectivity index (χ0n) is 11.3. The lowest BCUT2D eigenvalue weighted by Crippen LogP contribution is -2.36. The zero-order chi connectivity index (χ0) is 15.4. The second kappa shape index (κ2) is 6.49. The Balaban J connectivity index is 2.34. The molecule has 2 rings (SSSR count). The van der Waals surface area contributed by atoms with Gasteiger partial charge in [-0.15, -0.1) is 11.3 Å². The number of hydrogen-bond acceptors (Lipinski definition) is 3. The lowest BCUT2D eigenvalue weighted by Gasteiger charge is -2.24. The van der Waals surface area contributed by atoms with Gasteiger partial charge in [-0.1, -0.05) is 19.1 Å². The summed E-state index contributed by atoms with van der Waals surface area (Å²) >= 11 is 1.26. The van der Waals surface area contributed by atoms with Crippen LogP contribution in [0.4, 0.5) is 10.1 Å². The minimum Gasteiger partial charge on any atom is -0.481 e. The van der Waals surface area contributed by atoms with Crippen LogP contribution in [0.5, 0.6) is 0 Å².